The highest BCUT2D eigenvalue weighted by atomic mass is 19.1. The SMILES string of the molecule is Cc1ccc(OC2CCN(C(=O)c3c(F)cccc3F)CC2)nn1. The van der Waals surface area contributed by atoms with Crippen molar-refractivity contribution in [2.75, 3.05) is 13.1 Å². The molecule has 0 bridgehead atoms. The molecule has 5 nitrogen and oxygen atoms in total. The summed E-state index contributed by atoms with van der Waals surface area (Å²) < 4.78 is 33.2. The highest BCUT2D eigenvalue weighted by Crippen LogP contribution is 2.21. The molecule has 1 aromatic carbocycles. The first-order chi connectivity index (χ1) is 11.5. The summed E-state index contributed by atoms with van der Waals surface area (Å²) in [6.07, 6.45) is 1.03. The molecule has 2 aromatic rings. The summed E-state index contributed by atoms with van der Waals surface area (Å²) >= 11 is 0. The van der Waals surface area contributed by atoms with Crippen molar-refractivity contribution in [1.82, 2.24) is 15.1 Å². The average Bonchev–Trinajstić information content (AvgIpc) is 2.57. The molecule has 1 saturated heterocycles. The van der Waals surface area contributed by atoms with E-state index in [2.05, 4.69) is 10.2 Å². The lowest BCUT2D eigenvalue weighted by Gasteiger charge is -2.32. The number of likely N-dealkylation sites (tertiary alicyclic amines) is 1. The van der Waals surface area contributed by atoms with Gasteiger partial charge < -0.3 is 9.64 Å². The molecule has 0 spiro atoms. The number of aromatic nitrogens is 2. The molecule has 0 saturated carbocycles. The first kappa shape index (κ1) is 16.3. The van der Waals surface area contributed by atoms with Gasteiger partial charge in [0.1, 0.15) is 23.3 Å². The van der Waals surface area contributed by atoms with Crippen molar-refractivity contribution >= 4 is 5.91 Å². The van der Waals surface area contributed by atoms with E-state index in [1.165, 1.54) is 11.0 Å². The smallest absolute Gasteiger partial charge is 0.259 e. The van der Waals surface area contributed by atoms with Gasteiger partial charge in [0.05, 0.1) is 5.69 Å². The van der Waals surface area contributed by atoms with Crippen molar-refractivity contribution in [3.8, 4) is 5.88 Å². The lowest BCUT2D eigenvalue weighted by atomic mass is 10.1. The molecule has 3 rings (SSSR count). The highest BCUT2D eigenvalue weighted by Gasteiger charge is 2.28. The van der Waals surface area contributed by atoms with E-state index in [4.69, 9.17) is 4.74 Å². The number of halogens is 2. The fraction of sp³-hybridized carbons (Fsp3) is 0.353. The average molecular weight is 333 g/mol. The van der Waals surface area contributed by atoms with E-state index in [1.54, 1.807) is 6.07 Å². The zero-order chi connectivity index (χ0) is 17.1. The zero-order valence-corrected chi connectivity index (χ0v) is 13.2. The lowest BCUT2D eigenvalue weighted by Crippen LogP contribution is -2.42. The molecule has 24 heavy (non-hydrogen) atoms. The van der Waals surface area contributed by atoms with Crippen LogP contribution in [-0.2, 0) is 0 Å². The van der Waals surface area contributed by atoms with Gasteiger partial charge in [0.2, 0.25) is 5.88 Å². The van der Waals surface area contributed by atoms with E-state index < -0.39 is 23.1 Å². The topological polar surface area (TPSA) is 55.3 Å². The molecule has 0 unspecified atom stereocenters. The van der Waals surface area contributed by atoms with Crippen molar-refractivity contribution in [3.05, 3.63) is 53.2 Å². The van der Waals surface area contributed by atoms with Gasteiger partial charge in [0.25, 0.3) is 5.91 Å². The third-order valence-corrected chi connectivity index (χ3v) is 3.97. The van der Waals surface area contributed by atoms with Crippen molar-refractivity contribution in [1.29, 1.82) is 0 Å². The molecule has 0 radical (unpaired) electrons. The number of ether oxygens (including phenoxy) is 1. The Morgan fingerprint density at radius 1 is 1.12 bits per heavy atom. The number of rotatable bonds is 3. The van der Waals surface area contributed by atoms with Crippen molar-refractivity contribution in [3.63, 3.8) is 0 Å². The monoisotopic (exact) mass is 333 g/mol. The number of aryl methyl sites for hydroxylation is 1. The Balaban J connectivity index is 1.60. The second kappa shape index (κ2) is 6.90. The summed E-state index contributed by atoms with van der Waals surface area (Å²) in [5, 5.41) is 7.87. The van der Waals surface area contributed by atoms with Crippen LogP contribution in [0.5, 0.6) is 5.88 Å². The molecule has 0 aliphatic carbocycles. The van der Waals surface area contributed by atoms with E-state index in [9.17, 15) is 13.6 Å². The van der Waals surface area contributed by atoms with Crippen molar-refractivity contribution in [2.24, 2.45) is 0 Å². The minimum atomic E-state index is -0.840. The highest BCUT2D eigenvalue weighted by molar-refractivity contribution is 5.94. The van der Waals surface area contributed by atoms with Crippen LogP contribution < -0.4 is 4.74 Å². The predicted octanol–water partition coefficient (Wildman–Crippen LogP) is 2.75. The fourth-order valence-electron chi connectivity index (χ4n) is 2.66. The molecule has 0 N–H and O–H groups in total. The van der Waals surface area contributed by atoms with Crippen LogP contribution in [0.25, 0.3) is 0 Å². The maximum Gasteiger partial charge on any atom is 0.259 e. The van der Waals surface area contributed by atoms with Gasteiger partial charge in [-0.15, -0.1) is 5.10 Å². The van der Waals surface area contributed by atoms with E-state index in [0.29, 0.717) is 31.8 Å². The second-order valence-corrected chi connectivity index (χ2v) is 5.72. The van der Waals surface area contributed by atoms with Gasteiger partial charge in [-0.1, -0.05) is 6.07 Å². The van der Waals surface area contributed by atoms with Gasteiger partial charge in [-0.25, -0.2) is 8.78 Å². The maximum atomic E-state index is 13.7. The van der Waals surface area contributed by atoms with Crippen LogP contribution in [0.15, 0.2) is 30.3 Å². The Morgan fingerprint density at radius 3 is 2.38 bits per heavy atom. The number of amides is 1. The number of carbonyl (C=O) groups is 1. The minimum absolute atomic E-state index is 0.100. The van der Waals surface area contributed by atoms with Crippen LogP contribution in [0.2, 0.25) is 0 Å². The summed E-state index contributed by atoms with van der Waals surface area (Å²) in [6.45, 7) is 2.58. The standard InChI is InChI=1S/C17H17F2N3O2/c1-11-5-6-15(21-20-11)24-12-7-9-22(10-8-12)17(23)16-13(18)3-2-4-14(16)19/h2-6,12H,7-10H2,1H3. The van der Waals surface area contributed by atoms with E-state index >= 15 is 0 Å². The summed E-state index contributed by atoms with van der Waals surface area (Å²) in [5.41, 5.74) is 0.302. The quantitative estimate of drug-likeness (QED) is 0.867. The molecule has 2 heterocycles. The summed E-state index contributed by atoms with van der Waals surface area (Å²) in [4.78, 5) is 13.8. The molecule has 126 valence electrons. The molecular weight excluding hydrogens is 316 g/mol. The summed E-state index contributed by atoms with van der Waals surface area (Å²) in [5.74, 6) is -1.87. The van der Waals surface area contributed by atoms with Crippen LogP contribution in [0.4, 0.5) is 8.78 Å². The number of nitrogens with zero attached hydrogens (tertiary/aromatic N) is 3. The van der Waals surface area contributed by atoms with Crippen molar-refractivity contribution < 1.29 is 18.3 Å². The molecule has 1 fully saturated rings. The largest absolute Gasteiger partial charge is 0.473 e. The normalized spacial score (nSPS) is 15.4. The number of benzene rings is 1. The third-order valence-electron chi connectivity index (χ3n) is 3.97. The van der Waals surface area contributed by atoms with Gasteiger partial charge in [-0.05, 0) is 25.1 Å². The molecule has 0 atom stereocenters. The Morgan fingerprint density at radius 2 is 1.79 bits per heavy atom. The second-order valence-electron chi connectivity index (χ2n) is 5.72. The number of piperidine rings is 1. The van der Waals surface area contributed by atoms with Crippen LogP contribution in [0.1, 0.15) is 28.9 Å². The van der Waals surface area contributed by atoms with Gasteiger partial charge in [0, 0.05) is 32.0 Å². The molecule has 1 aromatic heterocycles. The molecule has 1 amide bonds. The minimum Gasteiger partial charge on any atom is -0.473 e. The van der Waals surface area contributed by atoms with Crippen LogP contribution in [0.3, 0.4) is 0 Å². The first-order valence-corrected chi connectivity index (χ1v) is 7.75. The third kappa shape index (κ3) is 3.50. The van der Waals surface area contributed by atoms with Gasteiger partial charge in [-0.3, -0.25) is 4.79 Å². The maximum absolute atomic E-state index is 13.7. The van der Waals surface area contributed by atoms with Crippen molar-refractivity contribution in [2.45, 2.75) is 25.9 Å². The van der Waals surface area contributed by atoms with Crippen LogP contribution in [-0.4, -0.2) is 40.2 Å². The van der Waals surface area contributed by atoms with Crippen LogP contribution in [0, 0.1) is 18.6 Å². The Labute approximate surface area is 138 Å². The summed E-state index contributed by atoms with van der Waals surface area (Å²) in [6, 6.07) is 6.96. The van der Waals surface area contributed by atoms with Gasteiger partial charge in [0.15, 0.2) is 0 Å². The molecule has 1 aliphatic heterocycles. The Bertz CT molecular complexity index is 709. The first-order valence-electron chi connectivity index (χ1n) is 7.75. The van der Waals surface area contributed by atoms with Gasteiger partial charge in [-0.2, -0.15) is 5.10 Å². The van der Waals surface area contributed by atoms with E-state index in [0.717, 1.165) is 17.8 Å². The predicted molar refractivity (Wildman–Crippen MR) is 82.7 cm³/mol. The van der Waals surface area contributed by atoms with Gasteiger partial charge >= 0.3 is 0 Å². The summed E-state index contributed by atoms with van der Waals surface area (Å²) in [7, 11) is 0. The number of carbonyl (C=O) groups excluding carboxylic acids is 1. The molecular formula is C17H17F2N3O2. The Kier molecular flexibility index (Phi) is 4.69. The molecule has 1 aliphatic rings. The van der Waals surface area contributed by atoms with Crippen LogP contribution >= 0.6 is 0 Å². The number of hydrogen-bond acceptors (Lipinski definition) is 4. The van der Waals surface area contributed by atoms with E-state index in [-0.39, 0.29) is 6.10 Å². The molecule has 7 heteroatoms. The zero-order valence-electron chi connectivity index (χ0n) is 13.2. The Hall–Kier alpha value is -2.57. The lowest BCUT2D eigenvalue weighted by molar-refractivity contribution is 0.0577. The fourth-order valence-corrected chi connectivity index (χ4v) is 2.66. The van der Waals surface area contributed by atoms with E-state index in [1.807, 2.05) is 13.0 Å². The number of hydrogen-bond donors (Lipinski definition) is 0.